The van der Waals surface area contributed by atoms with Gasteiger partial charge in [-0.1, -0.05) is 12.1 Å². The van der Waals surface area contributed by atoms with Crippen molar-refractivity contribution >= 4 is 5.91 Å². The van der Waals surface area contributed by atoms with E-state index in [0.29, 0.717) is 13.2 Å². The Balaban J connectivity index is 1.87. The average molecular weight is 318 g/mol. The Morgan fingerprint density at radius 2 is 1.70 bits per heavy atom. The van der Waals surface area contributed by atoms with Crippen molar-refractivity contribution in [3.8, 4) is 5.75 Å². The highest BCUT2D eigenvalue weighted by Crippen LogP contribution is 2.37. The summed E-state index contributed by atoms with van der Waals surface area (Å²) in [5.41, 5.74) is 0.644. The lowest BCUT2D eigenvalue weighted by Gasteiger charge is -2.42. The fourth-order valence-corrected chi connectivity index (χ4v) is 3.57. The Bertz CT molecular complexity index is 530. The third-order valence-electron chi connectivity index (χ3n) is 5.19. The highest BCUT2D eigenvalue weighted by molar-refractivity contribution is 5.88. The molecule has 3 rings (SSSR count). The van der Waals surface area contributed by atoms with Gasteiger partial charge < -0.3 is 19.3 Å². The van der Waals surface area contributed by atoms with Crippen LogP contribution in [0.15, 0.2) is 24.3 Å². The van der Waals surface area contributed by atoms with Crippen LogP contribution in [0, 0.1) is 0 Å². The van der Waals surface area contributed by atoms with Crippen LogP contribution < -0.4 is 4.74 Å². The van der Waals surface area contributed by atoms with Crippen LogP contribution in [0.3, 0.4) is 0 Å². The summed E-state index contributed by atoms with van der Waals surface area (Å²) in [7, 11) is 3.77. The maximum Gasteiger partial charge on any atom is 0.233 e. The van der Waals surface area contributed by atoms with E-state index in [0.717, 1.165) is 50.3 Å². The average Bonchev–Trinajstić information content (AvgIpc) is 2.62. The van der Waals surface area contributed by atoms with Crippen LogP contribution in [0.25, 0.3) is 0 Å². The predicted molar refractivity (Wildman–Crippen MR) is 88.8 cm³/mol. The van der Waals surface area contributed by atoms with Gasteiger partial charge >= 0.3 is 0 Å². The molecule has 2 saturated heterocycles. The molecule has 0 bridgehead atoms. The van der Waals surface area contributed by atoms with Crippen LogP contribution >= 0.6 is 0 Å². The Morgan fingerprint density at radius 3 is 2.26 bits per heavy atom. The van der Waals surface area contributed by atoms with Crippen molar-refractivity contribution in [1.82, 2.24) is 9.80 Å². The third kappa shape index (κ3) is 3.21. The first-order chi connectivity index (χ1) is 11.2. The van der Waals surface area contributed by atoms with E-state index < -0.39 is 5.41 Å². The fraction of sp³-hybridized carbons (Fsp3) is 0.611. The van der Waals surface area contributed by atoms with Crippen molar-refractivity contribution in [2.24, 2.45) is 0 Å². The minimum Gasteiger partial charge on any atom is -0.497 e. The van der Waals surface area contributed by atoms with Crippen molar-refractivity contribution in [3.05, 3.63) is 29.8 Å². The number of hydrogen-bond donors (Lipinski definition) is 0. The van der Waals surface area contributed by atoms with Gasteiger partial charge in [-0.2, -0.15) is 0 Å². The molecule has 0 radical (unpaired) electrons. The maximum absolute atomic E-state index is 13.4. The molecule has 1 aromatic carbocycles. The van der Waals surface area contributed by atoms with Crippen molar-refractivity contribution in [2.75, 3.05) is 53.6 Å². The zero-order valence-electron chi connectivity index (χ0n) is 14.1. The normalized spacial score (nSPS) is 21.9. The van der Waals surface area contributed by atoms with Crippen molar-refractivity contribution in [2.45, 2.75) is 18.3 Å². The van der Waals surface area contributed by atoms with E-state index in [4.69, 9.17) is 9.47 Å². The largest absolute Gasteiger partial charge is 0.497 e. The second kappa shape index (κ2) is 6.89. The van der Waals surface area contributed by atoms with E-state index in [1.54, 1.807) is 7.11 Å². The summed E-state index contributed by atoms with van der Waals surface area (Å²) in [6, 6.07) is 7.98. The highest BCUT2D eigenvalue weighted by Gasteiger charge is 2.44. The number of piperazine rings is 1. The summed E-state index contributed by atoms with van der Waals surface area (Å²) in [6.07, 6.45) is 1.51. The zero-order valence-corrected chi connectivity index (χ0v) is 14.1. The number of nitrogens with zero attached hydrogens (tertiary/aromatic N) is 2. The number of ether oxygens (including phenoxy) is 2. The van der Waals surface area contributed by atoms with E-state index in [2.05, 4.69) is 11.9 Å². The minimum absolute atomic E-state index is 0.263. The molecule has 5 nitrogen and oxygen atoms in total. The molecule has 23 heavy (non-hydrogen) atoms. The first-order valence-corrected chi connectivity index (χ1v) is 8.36. The molecule has 0 N–H and O–H groups in total. The lowest BCUT2D eigenvalue weighted by Crippen LogP contribution is -2.55. The summed E-state index contributed by atoms with van der Waals surface area (Å²) in [5.74, 6) is 1.09. The van der Waals surface area contributed by atoms with E-state index >= 15 is 0 Å². The van der Waals surface area contributed by atoms with Crippen LogP contribution in [-0.4, -0.2) is 69.3 Å². The Labute approximate surface area is 138 Å². The molecule has 2 heterocycles. The zero-order chi connectivity index (χ0) is 16.3. The number of methoxy groups -OCH3 is 1. The molecule has 0 aromatic heterocycles. The number of benzene rings is 1. The Kier molecular flexibility index (Phi) is 4.87. The number of rotatable bonds is 3. The van der Waals surface area contributed by atoms with Gasteiger partial charge in [0.25, 0.3) is 0 Å². The second-order valence-electron chi connectivity index (χ2n) is 6.52. The van der Waals surface area contributed by atoms with Crippen LogP contribution in [0.5, 0.6) is 5.75 Å². The smallest absolute Gasteiger partial charge is 0.233 e. The topological polar surface area (TPSA) is 42.0 Å². The number of carbonyl (C=O) groups excluding carboxylic acids is 1. The highest BCUT2D eigenvalue weighted by atomic mass is 16.5. The molecule has 0 unspecified atom stereocenters. The molecule has 0 saturated carbocycles. The van der Waals surface area contributed by atoms with Crippen LogP contribution in [0.4, 0.5) is 0 Å². The van der Waals surface area contributed by atoms with Gasteiger partial charge in [0.2, 0.25) is 5.91 Å². The molecule has 2 aliphatic rings. The van der Waals surface area contributed by atoms with Gasteiger partial charge in [0.1, 0.15) is 5.75 Å². The first kappa shape index (κ1) is 16.3. The molecule has 0 spiro atoms. The molecule has 0 aliphatic carbocycles. The molecule has 2 aliphatic heterocycles. The number of hydrogen-bond acceptors (Lipinski definition) is 4. The van der Waals surface area contributed by atoms with Gasteiger partial charge in [-0.3, -0.25) is 4.79 Å². The Morgan fingerprint density at radius 1 is 1.09 bits per heavy atom. The lowest BCUT2D eigenvalue weighted by atomic mass is 9.73. The van der Waals surface area contributed by atoms with Gasteiger partial charge in [-0.25, -0.2) is 0 Å². The molecule has 2 fully saturated rings. The Hall–Kier alpha value is -1.59. The minimum atomic E-state index is -0.444. The third-order valence-corrected chi connectivity index (χ3v) is 5.19. The first-order valence-electron chi connectivity index (χ1n) is 8.36. The summed E-state index contributed by atoms with van der Waals surface area (Å²) >= 11 is 0. The standard InChI is InChI=1S/C18H26N2O3/c1-19-9-11-20(12-10-19)17(21)18(7-13-23-14-8-18)15-3-5-16(22-2)6-4-15/h3-6H,7-14H2,1-2H3. The van der Waals surface area contributed by atoms with Gasteiger partial charge in [0.05, 0.1) is 12.5 Å². The number of amides is 1. The van der Waals surface area contributed by atoms with Crippen molar-refractivity contribution in [3.63, 3.8) is 0 Å². The maximum atomic E-state index is 13.4. The number of likely N-dealkylation sites (N-methyl/N-ethyl adjacent to an activating group) is 1. The molecule has 1 amide bonds. The fourth-order valence-electron chi connectivity index (χ4n) is 3.57. The van der Waals surface area contributed by atoms with E-state index in [9.17, 15) is 4.79 Å². The van der Waals surface area contributed by atoms with E-state index in [1.165, 1.54) is 0 Å². The molecule has 126 valence electrons. The quantitative estimate of drug-likeness (QED) is 0.847. The predicted octanol–water partition coefficient (Wildman–Crippen LogP) is 1.52. The van der Waals surface area contributed by atoms with Crippen LogP contribution in [-0.2, 0) is 14.9 Å². The summed E-state index contributed by atoms with van der Waals surface area (Å²) in [5, 5.41) is 0. The van der Waals surface area contributed by atoms with Gasteiger partial charge in [0.15, 0.2) is 0 Å². The van der Waals surface area contributed by atoms with Crippen LogP contribution in [0.1, 0.15) is 18.4 Å². The van der Waals surface area contributed by atoms with Crippen LogP contribution in [0.2, 0.25) is 0 Å². The van der Waals surface area contributed by atoms with Crippen molar-refractivity contribution < 1.29 is 14.3 Å². The molecular formula is C18H26N2O3. The molecule has 5 heteroatoms. The molecule has 0 atom stereocenters. The molecular weight excluding hydrogens is 292 g/mol. The molecule has 1 aromatic rings. The van der Waals surface area contributed by atoms with Gasteiger partial charge in [0, 0.05) is 39.4 Å². The van der Waals surface area contributed by atoms with Gasteiger partial charge in [-0.15, -0.1) is 0 Å². The monoisotopic (exact) mass is 318 g/mol. The van der Waals surface area contributed by atoms with Gasteiger partial charge in [-0.05, 0) is 37.6 Å². The SMILES string of the molecule is COc1ccc(C2(C(=O)N3CCN(C)CC3)CCOCC2)cc1. The second-order valence-corrected chi connectivity index (χ2v) is 6.52. The summed E-state index contributed by atoms with van der Waals surface area (Å²) in [6.45, 7) is 4.81. The lowest BCUT2D eigenvalue weighted by molar-refractivity contribution is -0.143. The number of carbonyl (C=O) groups is 1. The summed E-state index contributed by atoms with van der Waals surface area (Å²) < 4.78 is 10.8. The summed E-state index contributed by atoms with van der Waals surface area (Å²) in [4.78, 5) is 17.7. The van der Waals surface area contributed by atoms with E-state index in [-0.39, 0.29) is 5.91 Å². The van der Waals surface area contributed by atoms with E-state index in [1.807, 2.05) is 29.2 Å². The van der Waals surface area contributed by atoms with Crippen molar-refractivity contribution in [1.29, 1.82) is 0 Å².